The predicted octanol–water partition coefficient (Wildman–Crippen LogP) is 6.98. The third-order valence-electron chi connectivity index (χ3n) is 12.1. The number of nitrogens with zero attached hydrogens (tertiary/aromatic N) is 5. The average molecular weight is 837 g/mol. The molecule has 3 aliphatic rings. The van der Waals surface area contributed by atoms with Crippen LogP contribution >= 0.6 is 15.9 Å². The van der Waals surface area contributed by atoms with Gasteiger partial charge in [-0.05, 0) is 65.6 Å². The molecule has 4 aromatic carbocycles. The van der Waals surface area contributed by atoms with Crippen LogP contribution in [0.3, 0.4) is 0 Å². The van der Waals surface area contributed by atoms with Crippen molar-refractivity contribution in [2.45, 2.75) is 62.7 Å². The van der Waals surface area contributed by atoms with E-state index in [1.165, 1.54) is 5.19 Å². The number of carbonyl (C=O) groups excluding carboxylic acids is 2. The van der Waals surface area contributed by atoms with Crippen molar-refractivity contribution in [3.05, 3.63) is 130 Å². The minimum Gasteiger partial charge on any atom is -0.497 e. The Kier molecular flexibility index (Phi) is 10.4. The summed E-state index contributed by atoms with van der Waals surface area (Å²) in [5, 5.41) is 20.5. The lowest BCUT2D eigenvalue weighted by molar-refractivity contribution is -0.146. The maximum absolute atomic E-state index is 15.3. The van der Waals surface area contributed by atoms with Gasteiger partial charge in [0.15, 0.2) is 5.60 Å². The summed E-state index contributed by atoms with van der Waals surface area (Å²) in [6.45, 7) is 8.62. The molecule has 2 saturated heterocycles. The summed E-state index contributed by atoms with van der Waals surface area (Å²) in [5.41, 5.74) is 3.91. The van der Waals surface area contributed by atoms with Crippen molar-refractivity contribution in [3.63, 3.8) is 0 Å². The number of rotatable bonds is 12. The molecule has 5 aromatic rings. The number of cyclic esters (lactones) is 1. The van der Waals surface area contributed by atoms with Gasteiger partial charge in [-0.3, -0.25) is 14.4 Å². The molecule has 1 unspecified atom stereocenters. The minimum atomic E-state index is -2.37. The molecule has 13 heteroatoms. The van der Waals surface area contributed by atoms with Gasteiger partial charge in [-0.1, -0.05) is 101 Å². The average Bonchev–Trinajstić information content (AvgIpc) is 3.98. The smallest absolute Gasteiger partial charge is 0.414 e. The highest BCUT2D eigenvalue weighted by atomic mass is 79.9. The van der Waals surface area contributed by atoms with Crippen molar-refractivity contribution in [2.75, 3.05) is 36.7 Å². The van der Waals surface area contributed by atoms with Crippen molar-refractivity contribution >= 4 is 52.6 Å². The quantitative estimate of drug-likeness (QED) is 0.134. The Balaban J connectivity index is 1.13. The second kappa shape index (κ2) is 15.3. The molecule has 4 heterocycles. The molecule has 56 heavy (non-hydrogen) atoms. The zero-order valence-electron chi connectivity index (χ0n) is 32.0. The first-order valence-corrected chi connectivity index (χ1v) is 23.0. The fraction of sp³-hybridized carbons (Fsp3) is 0.349. The molecule has 0 aliphatic carbocycles. The first-order valence-electron chi connectivity index (χ1n) is 19.1. The number of aryl methyl sites for hydroxylation is 1. The maximum atomic E-state index is 15.3. The number of ether oxygens (including phenoxy) is 3. The molecule has 0 saturated carbocycles. The Morgan fingerprint density at radius 3 is 2.45 bits per heavy atom. The molecule has 8 rings (SSSR count). The van der Waals surface area contributed by atoms with E-state index in [1.807, 2.05) is 94.6 Å². The summed E-state index contributed by atoms with van der Waals surface area (Å²) in [5.74, 6) is 0.271. The van der Waals surface area contributed by atoms with E-state index in [4.69, 9.17) is 14.2 Å². The molecule has 290 valence electrons. The number of carbonyl (C=O) groups is 2. The zero-order chi connectivity index (χ0) is 39.2. The fourth-order valence-electron chi connectivity index (χ4n) is 9.20. The van der Waals surface area contributed by atoms with Gasteiger partial charge in [0, 0.05) is 34.4 Å². The number of amides is 2. The molecule has 0 bridgehead atoms. The van der Waals surface area contributed by atoms with E-state index in [2.05, 4.69) is 64.5 Å². The number of hydrogen-bond donors (Lipinski definition) is 1. The van der Waals surface area contributed by atoms with E-state index in [-0.39, 0.29) is 42.1 Å². The topological polar surface area (TPSA) is 119 Å². The summed E-state index contributed by atoms with van der Waals surface area (Å²) < 4.78 is 20.7. The third kappa shape index (κ3) is 6.63. The van der Waals surface area contributed by atoms with Crippen LogP contribution in [0.5, 0.6) is 5.75 Å². The monoisotopic (exact) mass is 835 g/mol. The van der Waals surface area contributed by atoms with Gasteiger partial charge in [-0.25, -0.2) is 4.79 Å². The lowest BCUT2D eigenvalue weighted by atomic mass is 9.82. The number of benzene rings is 4. The van der Waals surface area contributed by atoms with Gasteiger partial charge >= 0.3 is 6.09 Å². The SMILES string of the molecule is COc1ccc([Si](C)(C)[C@H]2[C@H](CCn3cc(C(CO)c4ccccc4)nn3)O[C@@]3(C(=O)N(Cc4ccc(N5CCOC5=O)cc4)c4ccc(Br)cc43)[C@@H]2C)cc1. The van der Waals surface area contributed by atoms with Crippen molar-refractivity contribution in [1.29, 1.82) is 0 Å². The lowest BCUT2D eigenvalue weighted by Crippen LogP contribution is -2.51. The third-order valence-corrected chi connectivity index (χ3v) is 16.9. The molecule has 2 amide bonds. The van der Waals surface area contributed by atoms with Gasteiger partial charge in [-0.15, -0.1) is 5.10 Å². The van der Waals surface area contributed by atoms with Crippen LogP contribution in [0, 0.1) is 5.92 Å². The van der Waals surface area contributed by atoms with Gasteiger partial charge in [0.05, 0.1) is 58.3 Å². The second-order valence-electron chi connectivity index (χ2n) is 15.5. The Morgan fingerprint density at radius 2 is 1.77 bits per heavy atom. The highest BCUT2D eigenvalue weighted by Gasteiger charge is 2.66. The standard InChI is InChI=1S/C43H46BrN5O6Si/c1-28-40(56(3,4)34-17-15-33(53-2)16-18-34)39(20-21-47-26-37(45-46-47)35(27-50)30-8-6-5-7-9-30)55-43(28)36-24-31(44)12-19-38(36)49(41(43)51)25-29-10-13-32(14-11-29)48-22-23-54-42(48)52/h5-19,24,26,28,35,39-40,50H,20-23,25,27H2,1-4H3/t28-,35?,39+,40-,43+/m1/s1. The molecule has 1 N–H and O–H groups in total. The number of fused-ring (bicyclic) bond motifs is 2. The number of halogens is 1. The second-order valence-corrected chi connectivity index (χ2v) is 21.1. The summed E-state index contributed by atoms with van der Waals surface area (Å²) in [6.07, 6.45) is 1.89. The Hall–Kier alpha value is -4.82. The van der Waals surface area contributed by atoms with Crippen molar-refractivity contribution in [2.24, 2.45) is 5.92 Å². The van der Waals surface area contributed by atoms with Gasteiger partial charge in [0.2, 0.25) is 0 Å². The summed E-state index contributed by atoms with van der Waals surface area (Å²) in [4.78, 5) is 30.9. The first-order chi connectivity index (χ1) is 27.0. The van der Waals surface area contributed by atoms with Crippen molar-refractivity contribution < 1.29 is 28.9 Å². The van der Waals surface area contributed by atoms with E-state index in [0.717, 1.165) is 38.3 Å². The van der Waals surface area contributed by atoms with Gasteiger partial charge in [0.25, 0.3) is 5.91 Å². The minimum absolute atomic E-state index is 0.0450. The molecule has 0 radical (unpaired) electrons. The van der Waals surface area contributed by atoms with Crippen LogP contribution < -0.4 is 19.7 Å². The summed E-state index contributed by atoms with van der Waals surface area (Å²) >= 11 is 3.72. The van der Waals surface area contributed by atoms with Crippen LogP contribution in [-0.2, 0) is 33.0 Å². The number of aliphatic hydroxyl groups excluding tert-OH is 1. The Labute approximate surface area is 336 Å². The molecule has 11 nitrogen and oxygen atoms in total. The van der Waals surface area contributed by atoms with Crippen LogP contribution in [0.25, 0.3) is 0 Å². The first kappa shape index (κ1) is 38.1. The maximum Gasteiger partial charge on any atom is 0.414 e. The van der Waals surface area contributed by atoms with Crippen molar-refractivity contribution in [1.82, 2.24) is 15.0 Å². The van der Waals surface area contributed by atoms with Gasteiger partial charge < -0.3 is 24.2 Å². The molecular formula is C43H46BrN5O6Si. The van der Waals surface area contributed by atoms with E-state index in [1.54, 1.807) is 12.0 Å². The molecule has 1 spiro atoms. The van der Waals surface area contributed by atoms with E-state index < -0.39 is 13.7 Å². The normalized spacial score (nSPS) is 22.5. The molecule has 3 aliphatic heterocycles. The highest BCUT2D eigenvalue weighted by Crippen LogP contribution is 2.60. The van der Waals surface area contributed by atoms with Crippen LogP contribution in [0.1, 0.15) is 41.6 Å². The summed E-state index contributed by atoms with van der Waals surface area (Å²) in [6, 6.07) is 32.0. The number of hydrogen-bond acceptors (Lipinski definition) is 8. The number of aliphatic hydroxyl groups is 1. The highest BCUT2D eigenvalue weighted by molar-refractivity contribution is 9.10. The molecule has 5 atom stereocenters. The molecule has 1 aromatic heterocycles. The van der Waals surface area contributed by atoms with Gasteiger partial charge in [-0.2, -0.15) is 0 Å². The predicted molar refractivity (Wildman–Crippen MR) is 220 cm³/mol. The van der Waals surface area contributed by atoms with Crippen LogP contribution in [0.15, 0.2) is 108 Å². The molecular weight excluding hydrogens is 790 g/mol. The Morgan fingerprint density at radius 1 is 1.02 bits per heavy atom. The van der Waals surface area contributed by atoms with Gasteiger partial charge in [0.1, 0.15) is 12.4 Å². The van der Waals surface area contributed by atoms with E-state index in [0.29, 0.717) is 38.4 Å². The number of methoxy groups -OCH3 is 1. The largest absolute Gasteiger partial charge is 0.497 e. The lowest BCUT2D eigenvalue weighted by Gasteiger charge is -2.37. The Bertz CT molecular complexity index is 2220. The number of aromatic nitrogens is 3. The molecule has 2 fully saturated rings. The van der Waals surface area contributed by atoms with E-state index in [9.17, 15) is 9.90 Å². The summed E-state index contributed by atoms with van der Waals surface area (Å²) in [7, 11) is -0.698. The van der Waals surface area contributed by atoms with E-state index >= 15 is 4.79 Å². The van der Waals surface area contributed by atoms with Crippen LogP contribution in [0.2, 0.25) is 18.6 Å². The van der Waals surface area contributed by atoms with Crippen molar-refractivity contribution in [3.8, 4) is 5.75 Å². The van der Waals surface area contributed by atoms with Crippen LogP contribution in [0.4, 0.5) is 16.2 Å². The number of anilines is 2. The fourth-order valence-corrected chi connectivity index (χ4v) is 13.6. The van der Waals surface area contributed by atoms with Crippen LogP contribution in [-0.4, -0.2) is 73.1 Å². The zero-order valence-corrected chi connectivity index (χ0v) is 34.6.